The summed E-state index contributed by atoms with van der Waals surface area (Å²) in [6, 6.07) is 30.8. The quantitative estimate of drug-likeness (QED) is 0.172. The van der Waals surface area contributed by atoms with Crippen LogP contribution in [0, 0.1) is 0 Å². The second kappa shape index (κ2) is 13.3. The van der Waals surface area contributed by atoms with Gasteiger partial charge in [0.15, 0.2) is 0 Å². The zero-order valence-electron chi connectivity index (χ0n) is 18.4. The molecule has 0 aliphatic carbocycles. The van der Waals surface area contributed by atoms with Crippen molar-refractivity contribution in [1.82, 2.24) is 0 Å². The van der Waals surface area contributed by atoms with Crippen LogP contribution in [0.1, 0.15) is 0 Å². The zero-order valence-corrected chi connectivity index (χ0v) is 24.5. The minimum atomic E-state index is -4.12. The van der Waals surface area contributed by atoms with Crippen LogP contribution in [-0.4, -0.2) is 74.8 Å². The maximum atomic E-state index is 10.8. The summed E-state index contributed by atoms with van der Waals surface area (Å²) >= 11 is 0. The molecule has 11 heteroatoms. The van der Waals surface area contributed by atoms with Gasteiger partial charge in [0.2, 0.25) is 0 Å². The molecule has 0 aliphatic heterocycles. The number of para-hydroxylation sites is 2. The fourth-order valence-corrected chi connectivity index (χ4v) is 3.76. The van der Waals surface area contributed by atoms with Crippen LogP contribution < -0.4 is 10.6 Å². The minimum Gasteiger partial charge on any atom is -0.356 e. The van der Waals surface area contributed by atoms with Crippen molar-refractivity contribution < 1.29 is 25.9 Å². The van der Waals surface area contributed by atoms with Crippen LogP contribution in [-0.2, 0) is 20.2 Å². The summed E-state index contributed by atoms with van der Waals surface area (Å²) in [6.07, 6.45) is 0. The molecule has 0 amide bonds. The van der Waals surface area contributed by atoms with Gasteiger partial charge in [-0.1, -0.05) is 36.4 Å². The molecule has 4 aromatic rings. The van der Waals surface area contributed by atoms with Crippen molar-refractivity contribution in [2.24, 2.45) is 0 Å². The molecule has 35 heavy (non-hydrogen) atoms. The summed E-state index contributed by atoms with van der Waals surface area (Å²) in [5.74, 6) is 0. The second-order valence-electron chi connectivity index (χ2n) is 6.98. The Balaban J connectivity index is 0.000000240. The number of anilines is 4. The van der Waals surface area contributed by atoms with Crippen molar-refractivity contribution in [2.45, 2.75) is 9.79 Å². The first-order valence-electron chi connectivity index (χ1n) is 9.90. The summed E-state index contributed by atoms with van der Waals surface area (Å²) in [5, 5.41) is 6.21. The van der Waals surface area contributed by atoms with Crippen molar-refractivity contribution >= 4 is 91.9 Å². The molecule has 4 N–H and O–H groups in total. The van der Waals surface area contributed by atoms with E-state index in [0.717, 1.165) is 22.7 Å². The molecular formula is C24H22BaN2O6S2. The van der Waals surface area contributed by atoms with Crippen LogP contribution in [0.4, 0.5) is 22.7 Å². The van der Waals surface area contributed by atoms with E-state index in [2.05, 4.69) is 10.6 Å². The van der Waals surface area contributed by atoms with Crippen LogP contribution in [0.5, 0.6) is 0 Å². The average molecular weight is 636 g/mol. The predicted octanol–water partition coefficient (Wildman–Crippen LogP) is 4.97. The third kappa shape index (κ3) is 9.80. The Kier molecular flexibility index (Phi) is 11.0. The number of hydrogen-bond donors (Lipinski definition) is 4. The van der Waals surface area contributed by atoms with Gasteiger partial charge in [0.1, 0.15) is 0 Å². The Morgan fingerprint density at radius 3 is 0.943 bits per heavy atom. The normalized spacial score (nSPS) is 10.8. The van der Waals surface area contributed by atoms with Gasteiger partial charge in [-0.15, -0.1) is 0 Å². The standard InChI is InChI=1S/2C12H11NO3S.Ba/c2*14-17(15,16)12-8-6-11(7-9-12)13-10-4-2-1-3-5-10;/h2*1-9,13H,(H,14,15,16);. The number of rotatable bonds is 6. The molecule has 0 aliphatic rings. The SMILES string of the molecule is O=S(=O)(O)c1ccc(Nc2ccccc2)cc1.O=S(=O)(O)c1ccc(Nc2ccccc2)cc1.[Ba]. The zero-order chi connectivity index (χ0) is 24.6. The van der Waals surface area contributed by atoms with Gasteiger partial charge in [0.05, 0.1) is 9.79 Å². The van der Waals surface area contributed by atoms with E-state index in [-0.39, 0.29) is 58.7 Å². The molecule has 0 unspecified atom stereocenters. The molecule has 0 atom stereocenters. The Bertz CT molecular complexity index is 1300. The van der Waals surface area contributed by atoms with Crippen molar-refractivity contribution in [2.75, 3.05) is 10.6 Å². The van der Waals surface area contributed by atoms with E-state index in [1.54, 1.807) is 24.3 Å². The Hall–Kier alpha value is -2.13. The maximum Gasteiger partial charge on any atom is 0.294 e. The summed E-state index contributed by atoms with van der Waals surface area (Å²) in [4.78, 5) is -0.229. The van der Waals surface area contributed by atoms with Crippen molar-refractivity contribution in [3.8, 4) is 0 Å². The largest absolute Gasteiger partial charge is 0.356 e. The number of benzene rings is 4. The van der Waals surface area contributed by atoms with E-state index in [1.165, 1.54) is 24.3 Å². The molecule has 0 saturated carbocycles. The van der Waals surface area contributed by atoms with E-state index >= 15 is 0 Å². The molecule has 4 rings (SSSR count). The summed E-state index contributed by atoms with van der Waals surface area (Å²) in [7, 11) is -8.24. The first-order chi connectivity index (χ1) is 16.1. The summed E-state index contributed by atoms with van der Waals surface area (Å²) in [6.45, 7) is 0. The second-order valence-corrected chi connectivity index (χ2v) is 9.82. The predicted molar refractivity (Wildman–Crippen MR) is 138 cm³/mol. The first kappa shape index (κ1) is 29.1. The average Bonchev–Trinajstić information content (AvgIpc) is 2.80. The molecule has 0 fully saturated rings. The number of nitrogens with one attached hydrogen (secondary N) is 2. The molecule has 4 aromatic carbocycles. The molecule has 0 heterocycles. The van der Waals surface area contributed by atoms with Gasteiger partial charge < -0.3 is 10.6 Å². The molecule has 2 radical (unpaired) electrons. The van der Waals surface area contributed by atoms with Crippen LogP contribution in [0.15, 0.2) is 119 Å². The van der Waals surface area contributed by atoms with Gasteiger partial charge in [0, 0.05) is 71.6 Å². The summed E-state index contributed by atoms with van der Waals surface area (Å²) in [5.41, 5.74) is 3.33. The van der Waals surface area contributed by atoms with Crippen molar-refractivity contribution in [3.63, 3.8) is 0 Å². The van der Waals surface area contributed by atoms with E-state index in [0.29, 0.717) is 0 Å². The number of hydrogen-bond acceptors (Lipinski definition) is 6. The van der Waals surface area contributed by atoms with E-state index in [9.17, 15) is 16.8 Å². The Labute approximate surface area is 245 Å². The van der Waals surface area contributed by atoms with Gasteiger partial charge in [-0.2, -0.15) is 16.8 Å². The van der Waals surface area contributed by atoms with E-state index in [4.69, 9.17) is 9.11 Å². The third-order valence-electron chi connectivity index (χ3n) is 4.43. The molecule has 0 aromatic heterocycles. The van der Waals surface area contributed by atoms with Gasteiger partial charge >= 0.3 is 0 Å². The molecular weight excluding hydrogens is 614 g/mol. The Morgan fingerprint density at radius 2 is 0.686 bits per heavy atom. The molecule has 0 saturated heterocycles. The van der Waals surface area contributed by atoms with Crippen molar-refractivity contribution in [3.05, 3.63) is 109 Å². The van der Waals surface area contributed by atoms with E-state index in [1.807, 2.05) is 60.7 Å². The smallest absolute Gasteiger partial charge is 0.294 e. The van der Waals surface area contributed by atoms with Crippen LogP contribution in [0.3, 0.4) is 0 Å². The van der Waals surface area contributed by atoms with Crippen LogP contribution in [0.25, 0.3) is 0 Å². The van der Waals surface area contributed by atoms with Gasteiger partial charge in [-0.25, -0.2) is 0 Å². The van der Waals surface area contributed by atoms with Crippen molar-refractivity contribution in [1.29, 1.82) is 0 Å². The topological polar surface area (TPSA) is 133 Å². The van der Waals surface area contributed by atoms with E-state index < -0.39 is 20.2 Å². The van der Waals surface area contributed by atoms with Crippen LogP contribution >= 0.6 is 0 Å². The fraction of sp³-hybridized carbons (Fsp3) is 0. The molecule has 0 bridgehead atoms. The van der Waals surface area contributed by atoms with Gasteiger partial charge in [-0.3, -0.25) is 9.11 Å². The maximum absolute atomic E-state index is 10.8. The first-order valence-corrected chi connectivity index (χ1v) is 12.8. The summed E-state index contributed by atoms with van der Waals surface area (Å²) < 4.78 is 61.0. The monoisotopic (exact) mass is 636 g/mol. The molecule has 0 spiro atoms. The van der Waals surface area contributed by atoms with Crippen LogP contribution in [0.2, 0.25) is 0 Å². The minimum absolute atomic E-state index is 0. The van der Waals surface area contributed by atoms with Gasteiger partial charge in [0.25, 0.3) is 20.2 Å². The molecule has 178 valence electrons. The van der Waals surface area contributed by atoms with Gasteiger partial charge in [-0.05, 0) is 72.8 Å². The third-order valence-corrected chi connectivity index (χ3v) is 6.17. The molecule has 8 nitrogen and oxygen atoms in total. The fourth-order valence-electron chi connectivity index (χ4n) is 2.80. The Morgan fingerprint density at radius 1 is 0.429 bits per heavy atom.